The van der Waals surface area contributed by atoms with Crippen LogP contribution in [0.3, 0.4) is 0 Å². The number of carbonyl (C=O) groups is 1. The average molecular weight is 391 g/mol. The highest BCUT2D eigenvalue weighted by molar-refractivity contribution is 6.35. The summed E-state index contributed by atoms with van der Waals surface area (Å²) >= 11 is 12.3. The van der Waals surface area contributed by atoms with Crippen molar-refractivity contribution in [3.63, 3.8) is 0 Å². The zero-order chi connectivity index (χ0) is 18.7. The maximum absolute atomic E-state index is 12.7. The maximum atomic E-state index is 12.7. The lowest BCUT2D eigenvalue weighted by Crippen LogP contribution is -2.40. The third kappa shape index (κ3) is 5.00. The predicted molar refractivity (Wildman–Crippen MR) is 109 cm³/mol. The van der Waals surface area contributed by atoms with Crippen LogP contribution >= 0.6 is 23.2 Å². The number of likely N-dealkylation sites (tertiary alicyclic amines) is 1. The number of anilines is 1. The first-order valence-corrected chi connectivity index (χ1v) is 9.72. The number of hydrogen-bond acceptors (Lipinski definition) is 2. The summed E-state index contributed by atoms with van der Waals surface area (Å²) in [5.74, 6) is 0.0950. The molecule has 1 atom stereocenters. The molecule has 0 aliphatic carbocycles. The van der Waals surface area contributed by atoms with E-state index in [-0.39, 0.29) is 11.8 Å². The Morgan fingerprint density at radius 2 is 1.88 bits per heavy atom. The van der Waals surface area contributed by atoms with Gasteiger partial charge in [0.2, 0.25) is 5.91 Å². The second kappa shape index (κ2) is 8.43. The Hall–Kier alpha value is -1.55. The van der Waals surface area contributed by atoms with Crippen molar-refractivity contribution in [3.05, 3.63) is 63.1 Å². The Kier molecular flexibility index (Phi) is 6.23. The maximum Gasteiger partial charge on any atom is 0.228 e. The van der Waals surface area contributed by atoms with Crippen molar-refractivity contribution in [2.75, 3.05) is 18.4 Å². The monoisotopic (exact) mass is 390 g/mol. The molecule has 2 aromatic carbocycles. The number of piperidine rings is 1. The molecule has 1 unspecified atom stereocenters. The minimum atomic E-state index is -0.00403. The van der Waals surface area contributed by atoms with E-state index < -0.39 is 0 Å². The average Bonchev–Trinajstić information content (AvgIpc) is 2.57. The van der Waals surface area contributed by atoms with E-state index in [4.69, 9.17) is 23.2 Å². The van der Waals surface area contributed by atoms with Crippen molar-refractivity contribution >= 4 is 34.8 Å². The molecule has 1 aliphatic rings. The molecule has 1 N–H and O–H groups in total. The number of amides is 1. The zero-order valence-electron chi connectivity index (χ0n) is 15.2. The van der Waals surface area contributed by atoms with Gasteiger partial charge in [-0.25, -0.2) is 0 Å². The summed E-state index contributed by atoms with van der Waals surface area (Å²) in [5, 5.41) is 4.41. The van der Waals surface area contributed by atoms with Crippen LogP contribution in [0.15, 0.2) is 36.4 Å². The molecule has 0 radical (unpaired) electrons. The van der Waals surface area contributed by atoms with E-state index in [9.17, 15) is 4.79 Å². The molecule has 138 valence electrons. The van der Waals surface area contributed by atoms with Crippen molar-refractivity contribution in [2.45, 2.75) is 33.2 Å². The summed E-state index contributed by atoms with van der Waals surface area (Å²) in [6.07, 6.45) is 1.93. The van der Waals surface area contributed by atoms with Crippen LogP contribution in [-0.2, 0) is 11.3 Å². The normalized spacial score (nSPS) is 17.9. The smallest absolute Gasteiger partial charge is 0.228 e. The lowest BCUT2D eigenvalue weighted by atomic mass is 9.96. The number of rotatable bonds is 4. The summed E-state index contributed by atoms with van der Waals surface area (Å²) in [4.78, 5) is 15.0. The van der Waals surface area contributed by atoms with Crippen LogP contribution in [0.4, 0.5) is 5.69 Å². The molecule has 2 aromatic rings. The second-order valence-electron chi connectivity index (χ2n) is 7.18. The van der Waals surface area contributed by atoms with Crippen LogP contribution in [0.2, 0.25) is 10.0 Å². The lowest BCUT2D eigenvalue weighted by Gasteiger charge is -2.32. The highest BCUT2D eigenvalue weighted by Crippen LogP contribution is 2.25. The topological polar surface area (TPSA) is 32.3 Å². The minimum absolute atomic E-state index is 0.00403. The first-order chi connectivity index (χ1) is 12.4. The van der Waals surface area contributed by atoms with E-state index in [1.54, 1.807) is 6.07 Å². The summed E-state index contributed by atoms with van der Waals surface area (Å²) < 4.78 is 0. The van der Waals surface area contributed by atoms with Crippen molar-refractivity contribution in [1.29, 1.82) is 0 Å². The highest BCUT2D eigenvalue weighted by atomic mass is 35.5. The van der Waals surface area contributed by atoms with Gasteiger partial charge in [-0.1, -0.05) is 35.3 Å². The van der Waals surface area contributed by atoms with E-state index >= 15 is 0 Å². The molecule has 0 bridgehead atoms. The van der Waals surface area contributed by atoms with Gasteiger partial charge in [-0.15, -0.1) is 0 Å². The third-order valence-electron chi connectivity index (χ3n) is 4.77. The Morgan fingerprint density at radius 1 is 1.15 bits per heavy atom. The lowest BCUT2D eigenvalue weighted by molar-refractivity contribution is -0.121. The van der Waals surface area contributed by atoms with Crippen molar-refractivity contribution < 1.29 is 4.79 Å². The molecule has 0 saturated carbocycles. The summed E-state index contributed by atoms with van der Waals surface area (Å²) in [6, 6.07) is 11.7. The van der Waals surface area contributed by atoms with Crippen LogP contribution in [0.5, 0.6) is 0 Å². The van der Waals surface area contributed by atoms with E-state index in [1.165, 1.54) is 0 Å². The molecule has 26 heavy (non-hydrogen) atoms. The van der Waals surface area contributed by atoms with E-state index in [2.05, 4.69) is 16.3 Å². The van der Waals surface area contributed by atoms with Gasteiger partial charge in [-0.3, -0.25) is 9.69 Å². The number of aryl methyl sites for hydroxylation is 2. The molecule has 1 aliphatic heterocycles. The predicted octanol–water partition coefficient (Wildman–Crippen LogP) is 5.46. The van der Waals surface area contributed by atoms with E-state index in [0.29, 0.717) is 10.0 Å². The molecule has 1 heterocycles. The Morgan fingerprint density at radius 3 is 2.58 bits per heavy atom. The van der Waals surface area contributed by atoms with Crippen molar-refractivity contribution in [1.82, 2.24) is 4.90 Å². The van der Waals surface area contributed by atoms with Crippen LogP contribution < -0.4 is 5.32 Å². The van der Waals surface area contributed by atoms with Crippen molar-refractivity contribution in [3.8, 4) is 0 Å². The molecule has 1 fully saturated rings. The quantitative estimate of drug-likeness (QED) is 0.751. The van der Waals surface area contributed by atoms with Crippen molar-refractivity contribution in [2.24, 2.45) is 5.92 Å². The Bertz CT molecular complexity index is 786. The molecular weight excluding hydrogens is 367 g/mol. The first-order valence-electron chi connectivity index (χ1n) is 8.96. The summed E-state index contributed by atoms with van der Waals surface area (Å²) in [6.45, 7) is 6.55. The largest absolute Gasteiger partial charge is 0.326 e. The molecule has 5 heteroatoms. The van der Waals surface area contributed by atoms with Gasteiger partial charge in [0.25, 0.3) is 0 Å². The third-order valence-corrected chi connectivity index (χ3v) is 5.36. The second-order valence-corrected chi connectivity index (χ2v) is 8.02. The first kappa shape index (κ1) is 19.2. The summed E-state index contributed by atoms with van der Waals surface area (Å²) in [7, 11) is 0. The molecule has 3 rings (SSSR count). The van der Waals surface area contributed by atoms with E-state index in [0.717, 1.165) is 54.9 Å². The minimum Gasteiger partial charge on any atom is -0.326 e. The van der Waals surface area contributed by atoms with Gasteiger partial charge in [0, 0.05) is 28.8 Å². The van der Waals surface area contributed by atoms with Crippen LogP contribution in [-0.4, -0.2) is 23.9 Å². The Balaban J connectivity index is 1.63. The van der Waals surface area contributed by atoms with Gasteiger partial charge >= 0.3 is 0 Å². The number of hydrogen-bond donors (Lipinski definition) is 1. The molecule has 3 nitrogen and oxygen atoms in total. The molecule has 1 saturated heterocycles. The van der Waals surface area contributed by atoms with Crippen LogP contribution in [0, 0.1) is 19.8 Å². The van der Waals surface area contributed by atoms with Gasteiger partial charge in [0.15, 0.2) is 0 Å². The molecule has 1 amide bonds. The fraction of sp³-hybridized carbons (Fsp3) is 0.381. The number of halogens is 2. The number of nitrogens with one attached hydrogen (secondary N) is 1. The van der Waals surface area contributed by atoms with Gasteiger partial charge < -0.3 is 5.32 Å². The Labute approximate surface area is 165 Å². The molecule has 0 aromatic heterocycles. The number of nitrogens with zero attached hydrogens (tertiary/aromatic N) is 1. The van der Waals surface area contributed by atoms with Gasteiger partial charge in [-0.2, -0.15) is 0 Å². The molecular formula is C21H24Cl2N2O. The fourth-order valence-electron chi connectivity index (χ4n) is 3.60. The SMILES string of the molecule is Cc1cc(C)cc(NC(=O)C2CCCN(Cc3ccc(Cl)cc3Cl)C2)c1. The number of benzene rings is 2. The summed E-state index contributed by atoms with van der Waals surface area (Å²) in [5.41, 5.74) is 4.24. The van der Waals surface area contributed by atoms with E-state index in [1.807, 2.05) is 38.1 Å². The number of carbonyl (C=O) groups excluding carboxylic acids is 1. The van der Waals surface area contributed by atoms with Gasteiger partial charge in [0.1, 0.15) is 0 Å². The van der Waals surface area contributed by atoms with Crippen LogP contribution in [0.1, 0.15) is 29.5 Å². The van der Waals surface area contributed by atoms with Crippen LogP contribution in [0.25, 0.3) is 0 Å². The molecule has 0 spiro atoms. The zero-order valence-corrected chi connectivity index (χ0v) is 16.7. The van der Waals surface area contributed by atoms with Gasteiger partial charge in [-0.05, 0) is 74.2 Å². The highest BCUT2D eigenvalue weighted by Gasteiger charge is 2.26. The fourth-order valence-corrected chi connectivity index (χ4v) is 4.06. The standard InChI is InChI=1S/C21H24Cl2N2O/c1-14-8-15(2)10-19(9-14)24-21(26)17-4-3-7-25(13-17)12-16-5-6-18(22)11-20(16)23/h5-6,8-11,17H,3-4,7,12-13H2,1-2H3,(H,24,26). The van der Waals surface area contributed by atoms with Gasteiger partial charge in [0.05, 0.1) is 5.92 Å².